The lowest BCUT2D eigenvalue weighted by Crippen LogP contribution is -2.33. The number of pyridine rings is 1. The molecule has 0 aromatic carbocycles. The second kappa shape index (κ2) is 8.63. The molecule has 0 aliphatic carbocycles. The van der Waals surface area contributed by atoms with E-state index in [-0.39, 0.29) is 5.91 Å². The fourth-order valence-electron chi connectivity index (χ4n) is 1.52. The van der Waals surface area contributed by atoms with Crippen LogP contribution in [0.2, 0.25) is 0 Å². The van der Waals surface area contributed by atoms with E-state index in [0.717, 1.165) is 11.4 Å². The van der Waals surface area contributed by atoms with Crippen LogP contribution in [-0.2, 0) is 9.53 Å². The number of carbonyl (C=O) groups is 2. The predicted octanol–water partition coefficient (Wildman–Crippen LogP) is 2.59. The Hall–Kier alpha value is -1.76. The summed E-state index contributed by atoms with van der Waals surface area (Å²) in [5.41, 5.74) is 1.09. The van der Waals surface area contributed by atoms with Crippen LogP contribution in [0.15, 0.2) is 18.3 Å². The minimum absolute atomic E-state index is 0.0760. The Morgan fingerprint density at radius 2 is 2.09 bits per heavy atom. The van der Waals surface area contributed by atoms with Gasteiger partial charge in [-0.05, 0) is 39.8 Å². The monoisotopic (exact) mass is 325 g/mol. The summed E-state index contributed by atoms with van der Waals surface area (Å²) < 4.78 is 5.11. The maximum Gasteiger partial charge on any atom is 0.407 e. The summed E-state index contributed by atoms with van der Waals surface area (Å²) in [6, 6.07) is 3.56. The van der Waals surface area contributed by atoms with E-state index >= 15 is 0 Å². The fraction of sp³-hybridized carbons (Fsp3) is 0.533. The summed E-state index contributed by atoms with van der Waals surface area (Å²) in [5.74, 6) is 0.896. The molecule has 1 rings (SSSR count). The second-order valence-electron chi connectivity index (χ2n) is 5.72. The average molecular weight is 325 g/mol. The predicted molar refractivity (Wildman–Crippen MR) is 89.2 cm³/mol. The van der Waals surface area contributed by atoms with Crippen molar-refractivity contribution in [2.45, 2.75) is 33.3 Å². The Bertz CT molecular complexity index is 515. The zero-order valence-electron chi connectivity index (χ0n) is 13.4. The molecule has 0 aliphatic rings. The first kappa shape index (κ1) is 18.3. The first-order valence-electron chi connectivity index (χ1n) is 7.03. The van der Waals surface area contributed by atoms with Gasteiger partial charge in [-0.2, -0.15) is 11.8 Å². The van der Waals surface area contributed by atoms with Gasteiger partial charge in [0.25, 0.3) is 0 Å². The first-order valence-corrected chi connectivity index (χ1v) is 8.19. The number of carbonyl (C=O) groups excluding carboxylic acids is 2. The van der Waals surface area contributed by atoms with Crippen molar-refractivity contribution >= 4 is 29.4 Å². The summed E-state index contributed by atoms with van der Waals surface area (Å²) in [6.45, 7) is 7.76. The number of aryl methyl sites for hydroxylation is 1. The molecule has 0 atom stereocenters. The molecule has 0 bridgehead atoms. The molecule has 2 N–H and O–H groups in total. The molecule has 7 heteroatoms. The van der Waals surface area contributed by atoms with Gasteiger partial charge in [-0.25, -0.2) is 4.79 Å². The van der Waals surface area contributed by atoms with Crippen molar-refractivity contribution in [2.75, 3.05) is 23.4 Å². The van der Waals surface area contributed by atoms with Gasteiger partial charge in [-0.3, -0.25) is 9.78 Å². The van der Waals surface area contributed by atoms with Crippen LogP contribution in [0.5, 0.6) is 0 Å². The number of alkyl carbamates (subject to hydrolysis) is 1. The number of ether oxygens (including phenoxy) is 1. The number of hydrogen-bond donors (Lipinski definition) is 2. The lowest BCUT2D eigenvalue weighted by atomic mass is 10.2. The Morgan fingerprint density at radius 3 is 2.73 bits per heavy atom. The number of nitrogens with one attached hydrogen (secondary N) is 2. The quantitative estimate of drug-likeness (QED) is 0.786. The number of anilines is 1. The normalized spacial score (nSPS) is 10.9. The van der Waals surface area contributed by atoms with Crippen molar-refractivity contribution in [3.63, 3.8) is 0 Å². The van der Waals surface area contributed by atoms with Crippen LogP contribution in [-0.4, -0.2) is 40.6 Å². The van der Waals surface area contributed by atoms with Crippen molar-refractivity contribution in [1.29, 1.82) is 0 Å². The third-order valence-electron chi connectivity index (χ3n) is 2.33. The summed E-state index contributed by atoms with van der Waals surface area (Å²) >= 11 is 1.45. The van der Waals surface area contributed by atoms with E-state index < -0.39 is 11.7 Å². The molecule has 0 radical (unpaired) electrons. The Labute approximate surface area is 135 Å². The molecule has 6 nitrogen and oxygen atoms in total. The molecule has 122 valence electrons. The lowest BCUT2D eigenvalue weighted by molar-refractivity contribution is -0.113. The van der Waals surface area contributed by atoms with Crippen molar-refractivity contribution in [2.24, 2.45) is 0 Å². The van der Waals surface area contributed by atoms with Gasteiger partial charge in [0.15, 0.2) is 0 Å². The van der Waals surface area contributed by atoms with E-state index in [4.69, 9.17) is 4.74 Å². The van der Waals surface area contributed by atoms with Crippen LogP contribution in [0.4, 0.5) is 10.5 Å². The molecule has 0 spiro atoms. The van der Waals surface area contributed by atoms with Gasteiger partial charge in [0.05, 0.1) is 5.75 Å². The third kappa shape index (κ3) is 8.51. The fourth-order valence-corrected chi connectivity index (χ4v) is 2.17. The van der Waals surface area contributed by atoms with Crippen LogP contribution in [0.25, 0.3) is 0 Å². The molecule has 2 amide bonds. The third-order valence-corrected chi connectivity index (χ3v) is 3.29. The first-order chi connectivity index (χ1) is 10.3. The molecular weight excluding hydrogens is 302 g/mol. The number of hydrogen-bond acceptors (Lipinski definition) is 5. The Kier molecular flexibility index (Phi) is 7.17. The van der Waals surface area contributed by atoms with Crippen molar-refractivity contribution in [3.05, 3.63) is 24.0 Å². The molecule has 0 saturated carbocycles. The maximum absolute atomic E-state index is 11.7. The summed E-state index contributed by atoms with van der Waals surface area (Å²) in [7, 11) is 0. The summed E-state index contributed by atoms with van der Waals surface area (Å²) in [6.07, 6.45) is 1.22. The molecule has 1 heterocycles. The molecular formula is C15H23N3O3S. The smallest absolute Gasteiger partial charge is 0.407 e. The van der Waals surface area contributed by atoms with E-state index in [9.17, 15) is 9.59 Å². The number of aromatic nitrogens is 1. The molecule has 0 saturated heterocycles. The topological polar surface area (TPSA) is 80.3 Å². The summed E-state index contributed by atoms with van der Waals surface area (Å²) in [5, 5.41) is 5.45. The number of amides is 2. The van der Waals surface area contributed by atoms with Crippen LogP contribution in [0.1, 0.15) is 26.5 Å². The highest BCUT2D eigenvalue weighted by Crippen LogP contribution is 2.09. The highest BCUT2D eigenvalue weighted by Gasteiger charge is 2.15. The number of rotatable bonds is 6. The number of thioether (sulfide) groups is 1. The highest BCUT2D eigenvalue weighted by atomic mass is 32.2. The number of nitrogens with zero attached hydrogens (tertiary/aromatic N) is 1. The molecule has 0 unspecified atom stereocenters. The van der Waals surface area contributed by atoms with Gasteiger partial charge in [0.2, 0.25) is 5.91 Å². The minimum Gasteiger partial charge on any atom is -0.444 e. The van der Waals surface area contributed by atoms with Gasteiger partial charge >= 0.3 is 6.09 Å². The summed E-state index contributed by atoms with van der Waals surface area (Å²) in [4.78, 5) is 27.2. The second-order valence-corrected chi connectivity index (χ2v) is 6.82. The van der Waals surface area contributed by atoms with Crippen LogP contribution in [0, 0.1) is 6.92 Å². The molecule has 1 aromatic rings. The standard InChI is InChI=1S/C15H23N3O3S/c1-11-9-12(5-6-16-11)18-13(19)10-22-8-7-17-14(20)21-15(2,3)4/h5-6,9H,7-8,10H2,1-4H3,(H,17,20)(H,16,18,19). The zero-order chi connectivity index (χ0) is 16.6. The van der Waals surface area contributed by atoms with Crippen LogP contribution < -0.4 is 10.6 Å². The van der Waals surface area contributed by atoms with Gasteiger partial charge < -0.3 is 15.4 Å². The SMILES string of the molecule is Cc1cc(NC(=O)CSCCNC(=O)OC(C)(C)C)ccn1. The average Bonchev–Trinajstić information content (AvgIpc) is 2.36. The van der Waals surface area contributed by atoms with Gasteiger partial charge in [-0.1, -0.05) is 0 Å². The highest BCUT2D eigenvalue weighted by molar-refractivity contribution is 7.99. The molecule has 22 heavy (non-hydrogen) atoms. The Balaban J connectivity index is 2.14. The van der Waals surface area contributed by atoms with Crippen molar-refractivity contribution in [1.82, 2.24) is 10.3 Å². The van der Waals surface area contributed by atoms with E-state index in [0.29, 0.717) is 18.1 Å². The van der Waals surface area contributed by atoms with E-state index in [1.807, 2.05) is 33.8 Å². The molecule has 1 aromatic heterocycles. The van der Waals surface area contributed by atoms with Gasteiger partial charge in [0.1, 0.15) is 5.60 Å². The maximum atomic E-state index is 11.7. The van der Waals surface area contributed by atoms with Crippen molar-refractivity contribution < 1.29 is 14.3 Å². The van der Waals surface area contributed by atoms with Crippen LogP contribution in [0.3, 0.4) is 0 Å². The van der Waals surface area contributed by atoms with Crippen molar-refractivity contribution in [3.8, 4) is 0 Å². The molecule has 0 fully saturated rings. The van der Waals surface area contributed by atoms with Crippen LogP contribution >= 0.6 is 11.8 Å². The van der Waals surface area contributed by atoms with E-state index in [1.54, 1.807) is 12.3 Å². The Morgan fingerprint density at radius 1 is 1.36 bits per heavy atom. The van der Waals surface area contributed by atoms with E-state index in [2.05, 4.69) is 15.6 Å². The van der Waals surface area contributed by atoms with E-state index in [1.165, 1.54) is 11.8 Å². The van der Waals surface area contributed by atoms with Gasteiger partial charge in [0, 0.05) is 29.9 Å². The zero-order valence-corrected chi connectivity index (χ0v) is 14.3. The lowest BCUT2D eigenvalue weighted by Gasteiger charge is -2.19. The minimum atomic E-state index is -0.500. The van der Waals surface area contributed by atoms with Gasteiger partial charge in [-0.15, -0.1) is 0 Å². The largest absolute Gasteiger partial charge is 0.444 e. The molecule has 0 aliphatic heterocycles.